The SMILES string of the molecule is OC(CNCc1ccccn1)COCc1ccccc1F. The number of ether oxygens (including phenoxy) is 1. The van der Waals surface area contributed by atoms with Crippen molar-refractivity contribution in [1.82, 2.24) is 10.3 Å². The van der Waals surface area contributed by atoms with Crippen LogP contribution in [0.25, 0.3) is 0 Å². The zero-order chi connectivity index (χ0) is 14.9. The number of benzene rings is 1. The fourth-order valence-electron chi connectivity index (χ4n) is 1.85. The predicted octanol–water partition coefficient (Wildman–Crippen LogP) is 1.89. The fraction of sp³-hybridized carbons (Fsp3) is 0.312. The Morgan fingerprint density at radius 3 is 2.76 bits per heavy atom. The van der Waals surface area contributed by atoms with Gasteiger partial charge in [0.05, 0.1) is 25.0 Å². The van der Waals surface area contributed by atoms with Crippen LogP contribution >= 0.6 is 0 Å². The van der Waals surface area contributed by atoms with Crippen LogP contribution in [0, 0.1) is 5.82 Å². The van der Waals surface area contributed by atoms with Gasteiger partial charge in [-0.15, -0.1) is 0 Å². The highest BCUT2D eigenvalue weighted by Gasteiger charge is 2.06. The number of rotatable bonds is 8. The number of hydrogen-bond donors (Lipinski definition) is 2. The van der Waals surface area contributed by atoms with E-state index in [0.717, 1.165) is 5.69 Å². The molecule has 1 heterocycles. The molecule has 1 atom stereocenters. The van der Waals surface area contributed by atoms with Gasteiger partial charge in [-0.3, -0.25) is 4.98 Å². The number of aliphatic hydroxyl groups is 1. The fourth-order valence-corrected chi connectivity index (χ4v) is 1.85. The summed E-state index contributed by atoms with van der Waals surface area (Å²) in [5.41, 5.74) is 1.41. The maximum atomic E-state index is 13.3. The Labute approximate surface area is 123 Å². The van der Waals surface area contributed by atoms with E-state index in [-0.39, 0.29) is 19.0 Å². The van der Waals surface area contributed by atoms with Gasteiger partial charge in [0.2, 0.25) is 0 Å². The van der Waals surface area contributed by atoms with Gasteiger partial charge in [0.25, 0.3) is 0 Å². The van der Waals surface area contributed by atoms with Crippen molar-refractivity contribution in [1.29, 1.82) is 0 Å². The number of aliphatic hydroxyl groups excluding tert-OH is 1. The van der Waals surface area contributed by atoms with Gasteiger partial charge >= 0.3 is 0 Å². The van der Waals surface area contributed by atoms with Crippen molar-refractivity contribution in [3.8, 4) is 0 Å². The number of halogens is 1. The quantitative estimate of drug-likeness (QED) is 0.779. The van der Waals surface area contributed by atoms with E-state index in [4.69, 9.17) is 4.74 Å². The molecular formula is C16H19FN2O2. The lowest BCUT2D eigenvalue weighted by molar-refractivity contribution is 0.0277. The first-order chi connectivity index (χ1) is 10.3. The number of aromatic nitrogens is 1. The molecule has 112 valence electrons. The summed E-state index contributed by atoms with van der Waals surface area (Å²) >= 11 is 0. The van der Waals surface area contributed by atoms with E-state index in [1.807, 2.05) is 18.2 Å². The van der Waals surface area contributed by atoms with Gasteiger partial charge < -0.3 is 15.2 Å². The first-order valence-electron chi connectivity index (χ1n) is 6.85. The maximum Gasteiger partial charge on any atom is 0.128 e. The van der Waals surface area contributed by atoms with Crippen molar-refractivity contribution in [3.63, 3.8) is 0 Å². The van der Waals surface area contributed by atoms with Gasteiger partial charge in [0, 0.05) is 24.8 Å². The molecule has 0 radical (unpaired) electrons. The molecule has 0 aliphatic heterocycles. The Morgan fingerprint density at radius 1 is 1.19 bits per heavy atom. The molecule has 1 unspecified atom stereocenters. The molecule has 4 nitrogen and oxygen atoms in total. The van der Waals surface area contributed by atoms with Gasteiger partial charge in [-0.25, -0.2) is 4.39 Å². The second kappa shape index (κ2) is 8.46. The average Bonchev–Trinajstić information content (AvgIpc) is 2.50. The molecule has 0 saturated heterocycles. The van der Waals surface area contributed by atoms with Crippen LogP contribution in [0.3, 0.4) is 0 Å². The Bertz CT molecular complexity index is 537. The highest BCUT2D eigenvalue weighted by atomic mass is 19.1. The Kier molecular flexibility index (Phi) is 6.27. The highest BCUT2D eigenvalue weighted by Crippen LogP contribution is 2.07. The molecular weight excluding hydrogens is 271 g/mol. The van der Waals surface area contributed by atoms with Crippen molar-refractivity contribution in [2.75, 3.05) is 13.2 Å². The van der Waals surface area contributed by atoms with E-state index >= 15 is 0 Å². The third kappa shape index (κ3) is 5.59. The van der Waals surface area contributed by atoms with Crippen LogP contribution in [-0.2, 0) is 17.9 Å². The molecule has 2 rings (SSSR count). The number of pyridine rings is 1. The third-order valence-electron chi connectivity index (χ3n) is 2.94. The molecule has 0 bridgehead atoms. The lowest BCUT2D eigenvalue weighted by Crippen LogP contribution is -2.30. The summed E-state index contributed by atoms with van der Waals surface area (Å²) in [6, 6.07) is 12.1. The van der Waals surface area contributed by atoms with Crippen molar-refractivity contribution in [2.45, 2.75) is 19.3 Å². The van der Waals surface area contributed by atoms with Gasteiger partial charge in [-0.05, 0) is 18.2 Å². The van der Waals surface area contributed by atoms with Crippen LogP contribution in [0.2, 0.25) is 0 Å². The normalized spacial score (nSPS) is 12.3. The summed E-state index contributed by atoms with van der Waals surface area (Å²) in [5, 5.41) is 12.9. The molecule has 21 heavy (non-hydrogen) atoms. The van der Waals surface area contributed by atoms with Crippen LogP contribution in [-0.4, -0.2) is 29.3 Å². The smallest absolute Gasteiger partial charge is 0.128 e. The van der Waals surface area contributed by atoms with Crippen LogP contribution in [0.5, 0.6) is 0 Å². The second-order valence-electron chi connectivity index (χ2n) is 4.71. The Morgan fingerprint density at radius 2 is 2.00 bits per heavy atom. The maximum absolute atomic E-state index is 13.3. The minimum Gasteiger partial charge on any atom is -0.389 e. The van der Waals surface area contributed by atoms with E-state index in [1.54, 1.807) is 24.4 Å². The molecule has 0 amide bonds. The Hall–Kier alpha value is -1.82. The Balaban J connectivity index is 1.62. The first-order valence-corrected chi connectivity index (χ1v) is 6.85. The zero-order valence-corrected chi connectivity index (χ0v) is 11.7. The second-order valence-corrected chi connectivity index (χ2v) is 4.71. The molecule has 0 saturated carbocycles. The summed E-state index contributed by atoms with van der Waals surface area (Å²) in [6.07, 6.45) is 1.09. The van der Waals surface area contributed by atoms with Crippen LogP contribution < -0.4 is 5.32 Å². The van der Waals surface area contributed by atoms with E-state index in [1.165, 1.54) is 6.07 Å². The molecule has 0 spiro atoms. The van der Waals surface area contributed by atoms with E-state index in [2.05, 4.69) is 10.3 Å². The number of nitrogens with one attached hydrogen (secondary N) is 1. The minimum atomic E-state index is -0.638. The van der Waals surface area contributed by atoms with Gasteiger partial charge in [-0.2, -0.15) is 0 Å². The van der Waals surface area contributed by atoms with E-state index in [9.17, 15) is 9.50 Å². The van der Waals surface area contributed by atoms with E-state index in [0.29, 0.717) is 18.7 Å². The highest BCUT2D eigenvalue weighted by molar-refractivity contribution is 5.16. The number of hydrogen-bond acceptors (Lipinski definition) is 4. The number of nitrogens with zero attached hydrogens (tertiary/aromatic N) is 1. The van der Waals surface area contributed by atoms with Gasteiger partial charge in [-0.1, -0.05) is 24.3 Å². The molecule has 5 heteroatoms. The third-order valence-corrected chi connectivity index (χ3v) is 2.94. The van der Waals surface area contributed by atoms with Crippen molar-refractivity contribution in [3.05, 3.63) is 65.7 Å². The molecule has 2 N–H and O–H groups in total. The lowest BCUT2D eigenvalue weighted by atomic mass is 10.2. The van der Waals surface area contributed by atoms with Crippen LogP contribution in [0.1, 0.15) is 11.3 Å². The summed E-state index contributed by atoms with van der Waals surface area (Å²) < 4.78 is 18.7. The monoisotopic (exact) mass is 290 g/mol. The molecule has 1 aromatic carbocycles. The summed E-state index contributed by atoms with van der Waals surface area (Å²) in [5.74, 6) is -0.291. The van der Waals surface area contributed by atoms with Gasteiger partial charge in [0.1, 0.15) is 5.82 Å². The molecule has 2 aromatic rings. The van der Waals surface area contributed by atoms with Crippen LogP contribution in [0.4, 0.5) is 4.39 Å². The molecule has 0 aliphatic carbocycles. The minimum absolute atomic E-state index is 0.156. The topological polar surface area (TPSA) is 54.4 Å². The molecule has 1 aromatic heterocycles. The lowest BCUT2D eigenvalue weighted by Gasteiger charge is -2.12. The standard InChI is InChI=1S/C16H19FN2O2/c17-16-7-2-1-5-13(16)11-21-12-15(20)10-18-9-14-6-3-4-8-19-14/h1-8,15,18,20H,9-12H2. The predicted molar refractivity (Wildman–Crippen MR) is 78.0 cm³/mol. The summed E-state index contributed by atoms with van der Waals surface area (Å²) in [6.45, 7) is 1.30. The molecule has 0 aliphatic rings. The summed E-state index contributed by atoms with van der Waals surface area (Å²) in [4.78, 5) is 4.17. The summed E-state index contributed by atoms with van der Waals surface area (Å²) in [7, 11) is 0. The average molecular weight is 290 g/mol. The van der Waals surface area contributed by atoms with Gasteiger partial charge in [0.15, 0.2) is 0 Å². The van der Waals surface area contributed by atoms with Crippen molar-refractivity contribution >= 4 is 0 Å². The van der Waals surface area contributed by atoms with Crippen molar-refractivity contribution < 1.29 is 14.2 Å². The first kappa shape index (κ1) is 15.6. The molecule has 0 fully saturated rings. The van der Waals surface area contributed by atoms with Crippen LogP contribution in [0.15, 0.2) is 48.7 Å². The van der Waals surface area contributed by atoms with E-state index < -0.39 is 6.10 Å². The largest absolute Gasteiger partial charge is 0.389 e. The van der Waals surface area contributed by atoms with Crippen molar-refractivity contribution in [2.24, 2.45) is 0 Å². The zero-order valence-electron chi connectivity index (χ0n) is 11.7.